The quantitative estimate of drug-likeness (QED) is 0.801. The Kier molecular flexibility index (Phi) is 4.30. The summed E-state index contributed by atoms with van der Waals surface area (Å²) in [7, 11) is 0. The first-order valence-electron chi connectivity index (χ1n) is 6.21. The predicted molar refractivity (Wildman–Crippen MR) is 72.7 cm³/mol. The third kappa shape index (κ3) is 3.20. The molecule has 19 heavy (non-hydrogen) atoms. The number of aryl methyl sites for hydroxylation is 1. The van der Waals surface area contributed by atoms with E-state index in [0.717, 1.165) is 17.5 Å². The van der Waals surface area contributed by atoms with Gasteiger partial charge in [-0.2, -0.15) is 0 Å². The highest BCUT2D eigenvalue weighted by Gasteiger charge is 2.17. The fourth-order valence-corrected chi connectivity index (χ4v) is 1.71. The van der Waals surface area contributed by atoms with Crippen LogP contribution in [0.4, 0.5) is 0 Å². The van der Waals surface area contributed by atoms with Gasteiger partial charge in [-0.25, -0.2) is 4.98 Å². The van der Waals surface area contributed by atoms with Gasteiger partial charge in [-0.05, 0) is 19.9 Å². The number of benzene rings is 1. The molecule has 5 heteroatoms. The summed E-state index contributed by atoms with van der Waals surface area (Å²) in [5.74, 6) is 0.253. The highest BCUT2D eigenvalue weighted by molar-refractivity contribution is 5.97. The Labute approximate surface area is 111 Å². The Morgan fingerprint density at radius 3 is 2.79 bits per heavy atom. The number of carbonyl (C=O) groups is 1. The standard InChI is InChI=1S/C14H17N3O2/c1-10-3-5-11(6-4-10)13-12(17-9-19-13)14(18)16-8-2-7-15/h3-6,9H,2,7-8,15H2,1H3,(H,16,18). The molecule has 0 bridgehead atoms. The second-order valence-electron chi connectivity index (χ2n) is 4.29. The van der Waals surface area contributed by atoms with Gasteiger partial charge in [-0.15, -0.1) is 0 Å². The molecular weight excluding hydrogens is 242 g/mol. The van der Waals surface area contributed by atoms with E-state index >= 15 is 0 Å². The van der Waals surface area contributed by atoms with Crippen LogP contribution in [0.25, 0.3) is 11.3 Å². The summed E-state index contributed by atoms with van der Waals surface area (Å²) in [4.78, 5) is 16.0. The lowest BCUT2D eigenvalue weighted by atomic mass is 10.1. The van der Waals surface area contributed by atoms with Crippen LogP contribution < -0.4 is 11.1 Å². The average molecular weight is 259 g/mol. The highest BCUT2D eigenvalue weighted by Crippen LogP contribution is 2.23. The third-order valence-corrected chi connectivity index (χ3v) is 2.76. The molecule has 0 fully saturated rings. The number of amides is 1. The van der Waals surface area contributed by atoms with E-state index in [1.807, 2.05) is 31.2 Å². The van der Waals surface area contributed by atoms with Crippen LogP contribution in [-0.2, 0) is 0 Å². The first-order chi connectivity index (χ1) is 9.22. The molecule has 1 amide bonds. The topological polar surface area (TPSA) is 81.2 Å². The fraction of sp³-hybridized carbons (Fsp3) is 0.286. The van der Waals surface area contributed by atoms with Crippen LogP contribution in [0.15, 0.2) is 35.1 Å². The molecule has 0 aliphatic rings. The molecule has 0 aliphatic heterocycles. The Bertz CT molecular complexity index is 546. The molecule has 2 rings (SSSR count). The predicted octanol–water partition coefficient (Wildman–Crippen LogP) is 1.73. The number of hydrogen-bond donors (Lipinski definition) is 2. The zero-order chi connectivity index (χ0) is 13.7. The second-order valence-corrected chi connectivity index (χ2v) is 4.29. The second kappa shape index (κ2) is 6.15. The summed E-state index contributed by atoms with van der Waals surface area (Å²) in [6.07, 6.45) is 2.02. The van der Waals surface area contributed by atoms with Crippen molar-refractivity contribution in [3.8, 4) is 11.3 Å². The lowest BCUT2D eigenvalue weighted by Gasteiger charge is -2.04. The molecule has 1 aromatic carbocycles. The first kappa shape index (κ1) is 13.3. The molecule has 0 saturated carbocycles. The number of oxazole rings is 1. The van der Waals surface area contributed by atoms with Gasteiger partial charge in [-0.3, -0.25) is 4.79 Å². The van der Waals surface area contributed by atoms with Crippen LogP contribution in [0, 0.1) is 6.92 Å². The van der Waals surface area contributed by atoms with Crippen molar-refractivity contribution >= 4 is 5.91 Å². The minimum Gasteiger partial charge on any atom is -0.443 e. The number of rotatable bonds is 5. The van der Waals surface area contributed by atoms with E-state index in [1.165, 1.54) is 6.39 Å². The van der Waals surface area contributed by atoms with E-state index in [9.17, 15) is 4.79 Å². The molecule has 0 saturated heterocycles. The normalized spacial score (nSPS) is 10.4. The van der Waals surface area contributed by atoms with Gasteiger partial charge in [-0.1, -0.05) is 29.8 Å². The van der Waals surface area contributed by atoms with Gasteiger partial charge in [0.1, 0.15) is 0 Å². The van der Waals surface area contributed by atoms with Crippen LogP contribution in [0.3, 0.4) is 0 Å². The number of nitrogens with two attached hydrogens (primary N) is 1. The molecule has 0 unspecified atom stereocenters. The van der Waals surface area contributed by atoms with E-state index in [2.05, 4.69) is 10.3 Å². The molecule has 5 nitrogen and oxygen atoms in total. The summed E-state index contributed by atoms with van der Waals surface area (Å²) in [5.41, 5.74) is 7.68. The molecule has 0 spiro atoms. The Morgan fingerprint density at radius 1 is 1.37 bits per heavy atom. The van der Waals surface area contributed by atoms with Crippen molar-refractivity contribution in [1.82, 2.24) is 10.3 Å². The maximum absolute atomic E-state index is 12.0. The van der Waals surface area contributed by atoms with Crippen molar-refractivity contribution in [2.45, 2.75) is 13.3 Å². The lowest BCUT2D eigenvalue weighted by molar-refractivity contribution is 0.0949. The van der Waals surface area contributed by atoms with E-state index < -0.39 is 0 Å². The smallest absolute Gasteiger partial charge is 0.273 e. The zero-order valence-corrected chi connectivity index (χ0v) is 10.8. The molecule has 0 aliphatic carbocycles. The van der Waals surface area contributed by atoms with Crippen molar-refractivity contribution in [1.29, 1.82) is 0 Å². The van der Waals surface area contributed by atoms with Crippen LogP contribution in [0.5, 0.6) is 0 Å². The van der Waals surface area contributed by atoms with Crippen LogP contribution in [0.1, 0.15) is 22.5 Å². The van der Waals surface area contributed by atoms with Gasteiger partial charge < -0.3 is 15.5 Å². The van der Waals surface area contributed by atoms with E-state index in [-0.39, 0.29) is 5.91 Å². The first-order valence-corrected chi connectivity index (χ1v) is 6.21. The van der Waals surface area contributed by atoms with Gasteiger partial charge in [0.15, 0.2) is 17.8 Å². The molecular formula is C14H17N3O2. The number of nitrogens with zero attached hydrogens (tertiary/aromatic N) is 1. The Balaban J connectivity index is 2.17. The maximum Gasteiger partial charge on any atom is 0.273 e. The number of aromatic nitrogens is 1. The molecule has 1 aromatic heterocycles. The largest absolute Gasteiger partial charge is 0.443 e. The monoisotopic (exact) mass is 259 g/mol. The van der Waals surface area contributed by atoms with Gasteiger partial charge in [0.05, 0.1) is 0 Å². The van der Waals surface area contributed by atoms with Gasteiger partial charge in [0, 0.05) is 12.1 Å². The summed E-state index contributed by atoms with van der Waals surface area (Å²) in [6, 6.07) is 7.75. The van der Waals surface area contributed by atoms with Crippen molar-refractivity contribution < 1.29 is 9.21 Å². The van der Waals surface area contributed by atoms with Crippen LogP contribution in [0.2, 0.25) is 0 Å². The summed E-state index contributed by atoms with van der Waals surface area (Å²) >= 11 is 0. The van der Waals surface area contributed by atoms with Crippen molar-refractivity contribution in [3.05, 3.63) is 41.9 Å². The SMILES string of the molecule is Cc1ccc(-c2ocnc2C(=O)NCCCN)cc1. The summed E-state index contributed by atoms with van der Waals surface area (Å²) < 4.78 is 5.32. The van der Waals surface area contributed by atoms with E-state index in [0.29, 0.717) is 24.5 Å². The highest BCUT2D eigenvalue weighted by atomic mass is 16.3. The minimum atomic E-state index is -0.238. The molecule has 3 N–H and O–H groups in total. The maximum atomic E-state index is 12.0. The summed E-state index contributed by atoms with van der Waals surface area (Å²) in [5, 5.41) is 2.77. The Morgan fingerprint density at radius 2 is 2.11 bits per heavy atom. The average Bonchev–Trinajstić information content (AvgIpc) is 2.89. The van der Waals surface area contributed by atoms with Crippen molar-refractivity contribution in [2.24, 2.45) is 5.73 Å². The van der Waals surface area contributed by atoms with Crippen LogP contribution in [-0.4, -0.2) is 24.0 Å². The zero-order valence-electron chi connectivity index (χ0n) is 10.8. The minimum absolute atomic E-state index is 0.238. The van der Waals surface area contributed by atoms with E-state index in [4.69, 9.17) is 10.2 Å². The molecule has 100 valence electrons. The van der Waals surface area contributed by atoms with Gasteiger partial charge in [0.25, 0.3) is 5.91 Å². The number of nitrogens with one attached hydrogen (secondary N) is 1. The summed E-state index contributed by atoms with van der Waals surface area (Å²) in [6.45, 7) is 3.09. The molecule has 0 radical (unpaired) electrons. The van der Waals surface area contributed by atoms with E-state index in [1.54, 1.807) is 0 Å². The third-order valence-electron chi connectivity index (χ3n) is 2.76. The van der Waals surface area contributed by atoms with Crippen molar-refractivity contribution in [2.75, 3.05) is 13.1 Å². The fourth-order valence-electron chi connectivity index (χ4n) is 1.71. The van der Waals surface area contributed by atoms with Crippen molar-refractivity contribution in [3.63, 3.8) is 0 Å². The van der Waals surface area contributed by atoms with Gasteiger partial charge >= 0.3 is 0 Å². The van der Waals surface area contributed by atoms with Crippen LogP contribution >= 0.6 is 0 Å². The lowest BCUT2D eigenvalue weighted by Crippen LogP contribution is -2.26. The molecule has 0 atom stereocenters. The number of hydrogen-bond acceptors (Lipinski definition) is 4. The Hall–Kier alpha value is -2.14. The molecule has 1 heterocycles. The van der Waals surface area contributed by atoms with Gasteiger partial charge in [0.2, 0.25) is 0 Å². The number of carbonyl (C=O) groups excluding carboxylic acids is 1. The molecule has 2 aromatic rings.